The third kappa shape index (κ3) is 4.15. The molecule has 0 radical (unpaired) electrons. The number of carbonyl (C=O) groups is 3. The molecule has 2 heterocycles. The van der Waals surface area contributed by atoms with Gasteiger partial charge in [-0.25, -0.2) is 4.79 Å². The molecule has 1 saturated heterocycles. The number of fused-ring (bicyclic) bond motifs is 1. The van der Waals surface area contributed by atoms with Crippen molar-refractivity contribution in [1.82, 2.24) is 15.5 Å². The number of nitrogens with zero attached hydrogens (tertiary/aromatic N) is 1. The molecule has 1 atom stereocenters. The van der Waals surface area contributed by atoms with Crippen LogP contribution in [-0.2, 0) is 9.59 Å². The number of benzene rings is 1. The van der Waals surface area contributed by atoms with Crippen LogP contribution in [0.2, 0.25) is 0 Å². The largest absolute Gasteiger partial charge is 0.486 e. The number of amides is 4. The Morgan fingerprint density at radius 2 is 1.96 bits per heavy atom. The zero-order valence-corrected chi connectivity index (χ0v) is 15.8. The van der Waals surface area contributed by atoms with Gasteiger partial charge in [0.05, 0.1) is 6.04 Å². The van der Waals surface area contributed by atoms with E-state index in [1.54, 1.807) is 13.8 Å². The van der Waals surface area contributed by atoms with Crippen molar-refractivity contribution in [1.29, 1.82) is 0 Å². The lowest BCUT2D eigenvalue weighted by atomic mass is 10.1. The molecule has 0 bridgehead atoms. The van der Waals surface area contributed by atoms with Crippen LogP contribution < -0.4 is 20.1 Å². The molecule has 0 saturated carbocycles. The lowest BCUT2D eigenvalue weighted by molar-refractivity contribution is -0.130. The second kappa shape index (κ2) is 7.46. The van der Waals surface area contributed by atoms with Crippen molar-refractivity contribution in [2.75, 3.05) is 19.8 Å². The summed E-state index contributed by atoms with van der Waals surface area (Å²) in [5, 5.41) is 5.55. The topological polar surface area (TPSA) is 97.0 Å². The first-order chi connectivity index (χ1) is 12.8. The minimum atomic E-state index is -0.883. The van der Waals surface area contributed by atoms with Crippen LogP contribution in [0, 0.1) is 0 Å². The average molecular weight is 375 g/mol. The first-order valence-corrected chi connectivity index (χ1v) is 9.11. The molecule has 1 fully saturated rings. The van der Waals surface area contributed by atoms with Gasteiger partial charge in [-0.05, 0) is 44.9 Å². The SMILES string of the molecule is C[C@H](NC(=O)CCCN1C(=O)NC(C)(C)C1=O)c1ccc2c(c1)OCCO2. The minimum Gasteiger partial charge on any atom is -0.486 e. The van der Waals surface area contributed by atoms with E-state index in [-0.39, 0.29) is 30.8 Å². The van der Waals surface area contributed by atoms with E-state index in [9.17, 15) is 14.4 Å². The maximum Gasteiger partial charge on any atom is 0.325 e. The number of rotatable bonds is 6. The lowest BCUT2D eigenvalue weighted by Gasteiger charge is -2.21. The van der Waals surface area contributed by atoms with Crippen molar-refractivity contribution in [3.8, 4) is 11.5 Å². The molecule has 2 aliphatic heterocycles. The van der Waals surface area contributed by atoms with E-state index in [2.05, 4.69) is 10.6 Å². The van der Waals surface area contributed by atoms with Crippen LogP contribution in [0.25, 0.3) is 0 Å². The monoisotopic (exact) mass is 375 g/mol. The molecular formula is C19H25N3O5. The fourth-order valence-electron chi connectivity index (χ4n) is 3.14. The summed E-state index contributed by atoms with van der Waals surface area (Å²) in [5.74, 6) is 0.988. The van der Waals surface area contributed by atoms with Crippen LogP contribution in [0.5, 0.6) is 11.5 Å². The second-order valence-corrected chi connectivity index (χ2v) is 7.31. The van der Waals surface area contributed by atoms with Crippen molar-refractivity contribution in [3.63, 3.8) is 0 Å². The summed E-state index contributed by atoms with van der Waals surface area (Å²) in [6.07, 6.45) is 0.640. The third-order valence-electron chi connectivity index (χ3n) is 4.67. The van der Waals surface area contributed by atoms with Gasteiger partial charge in [-0.1, -0.05) is 6.07 Å². The Labute approximate surface area is 158 Å². The maximum absolute atomic E-state index is 12.2. The molecule has 1 aromatic carbocycles. The molecule has 1 aromatic rings. The molecule has 0 aliphatic carbocycles. The molecule has 0 aromatic heterocycles. The Kier molecular flexibility index (Phi) is 5.25. The van der Waals surface area contributed by atoms with Crippen LogP contribution in [0.4, 0.5) is 4.79 Å². The zero-order valence-electron chi connectivity index (χ0n) is 15.8. The number of carbonyl (C=O) groups excluding carboxylic acids is 3. The molecule has 27 heavy (non-hydrogen) atoms. The Morgan fingerprint density at radius 1 is 1.26 bits per heavy atom. The van der Waals surface area contributed by atoms with Crippen molar-refractivity contribution < 1.29 is 23.9 Å². The molecule has 2 N–H and O–H groups in total. The van der Waals surface area contributed by atoms with E-state index in [0.29, 0.717) is 31.1 Å². The zero-order chi connectivity index (χ0) is 19.6. The number of hydrogen-bond donors (Lipinski definition) is 2. The quantitative estimate of drug-likeness (QED) is 0.739. The van der Waals surface area contributed by atoms with Crippen LogP contribution in [0.1, 0.15) is 45.2 Å². The van der Waals surface area contributed by atoms with E-state index in [1.165, 1.54) is 0 Å². The van der Waals surface area contributed by atoms with Gasteiger partial charge in [-0.2, -0.15) is 0 Å². The van der Waals surface area contributed by atoms with Gasteiger partial charge in [-0.15, -0.1) is 0 Å². The number of urea groups is 1. The van der Waals surface area contributed by atoms with E-state index in [1.807, 2.05) is 25.1 Å². The van der Waals surface area contributed by atoms with Gasteiger partial charge in [0, 0.05) is 13.0 Å². The van der Waals surface area contributed by atoms with Crippen molar-refractivity contribution in [2.24, 2.45) is 0 Å². The van der Waals surface area contributed by atoms with Crippen molar-refractivity contribution >= 4 is 17.8 Å². The number of nitrogens with one attached hydrogen (secondary N) is 2. The summed E-state index contributed by atoms with van der Waals surface area (Å²) in [6, 6.07) is 5.01. The van der Waals surface area contributed by atoms with Gasteiger partial charge in [0.1, 0.15) is 18.8 Å². The van der Waals surface area contributed by atoms with Crippen LogP contribution >= 0.6 is 0 Å². The minimum absolute atomic E-state index is 0.135. The number of hydrogen-bond acceptors (Lipinski definition) is 5. The second-order valence-electron chi connectivity index (χ2n) is 7.31. The normalized spacial score (nSPS) is 18.9. The number of imide groups is 1. The first kappa shape index (κ1) is 19.0. The predicted molar refractivity (Wildman–Crippen MR) is 97.5 cm³/mol. The predicted octanol–water partition coefficient (Wildman–Crippen LogP) is 1.75. The van der Waals surface area contributed by atoms with E-state index < -0.39 is 11.6 Å². The Morgan fingerprint density at radius 3 is 2.63 bits per heavy atom. The Balaban J connectivity index is 1.48. The Hall–Kier alpha value is -2.77. The summed E-state index contributed by atoms with van der Waals surface area (Å²) in [4.78, 5) is 37.3. The fraction of sp³-hybridized carbons (Fsp3) is 0.526. The highest BCUT2D eigenvalue weighted by Gasteiger charge is 2.43. The standard InChI is InChI=1S/C19H25N3O5/c1-12(13-6-7-14-15(11-13)27-10-9-26-14)20-16(23)5-4-8-22-17(24)19(2,3)21-18(22)25/h6-7,11-12H,4-5,8-10H2,1-3H3,(H,20,23)(H,21,25)/t12-/m0/s1. The first-order valence-electron chi connectivity index (χ1n) is 9.11. The Bertz CT molecular complexity index is 762. The van der Waals surface area contributed by atoms with Gasteiger partial charge in [0.25, 0.3) is 5.91 Å². The third-order valence-corrected chi connectivity index (χ3v) is 4.67. The van der Waals surface area contributed by atoms with Gasteiger partial charge in [0.15, 0.2) is 11.5 Å². The molecule has 8 heteroatoms. The number of ether oxygens (including phenoxy) is 2. The smallest absolute Gasteiger partial charge is 0.325 e. The van der Waals surface area contributed by atoms with E-state index in [0.717, 1.165) is 10.5 Å². The molecule has 3 rings (SSSR count). The summed E-state index contributed by atoms with van der Waals surface area (Å²) < 4.78 is 11.1. The fourth-order valence-corrected chi connectivity index (χ4v) is 3.14. The summed E-state index contributed by atoms with van der Waals surface area (Å²) in [6.45, 7) is 6.48. The van der Waals surface area contributed by atoms with Crippen molar-refractivity contribution in [2.45, 2.75) is 45.2 Å². The van der Waals surface area contributed by atoms with Crippen LogP contribution in [0.15, 0.2) is 18.2 Å². The summed E-state index contributed by atoms with van der Waals surface area (Å²) >= 11 is 0. The van der Waals surface area contributed by atoms with Crippen molar-refractivity contribution in [3.05, 3.63) is 23.8 Å². The molecule has 146 valence electrons. The molecule has 8 nitrogen and oxygen atoms in total. The highest BCUT2D eigenvalue weighted by molar-refractivity contribution is 6.06. The van der Waals surface area contributed by atoms with Gasteiger partial charge >= 0.3 is 6.03 Å². The maximum atomic E-state index is 12.2. The molecular weight excluding hydrogens is 350 g/mol. The van der Waals surface area contributed by atoms with Crippen LogP contribution in [0.3, 0.4) is 0 Å². The molecule has 4 amide bonds. The molecule has 0 unspecified atom stereocenters. The summed E-state index contributed by atoms with van der Waals surface area (Å²) in [7, 11) is 0. The highest BCUT2D eigenvalue weighted by Crippen LogP contribution is 2.32. The van der Waals surface area contributed by atoms with Gasteiger partial charge in [-0.3, -0.25) is 14.5 Å². The van der Waals surface area contributed by atoms with Gasteiger partial charge < -0.3 is 20.1 Å². The highest BCUT2D eigenvalue weighted by atomic mass is 16.6. The van der Waals surface area contributed by atoms with Crippen LogP contribution in [-0.4, -0.2) is 48.0 Å². The molecule has 0 spiro atoms. The lowest BCUT2D eigenvalue weighted by Crippen LogP contribution is -2.40. The van der Waals surface area contributed by atoms with E-state index >= 15 is 0 Å². The summed E-state index contributed by atoms with van der Waals surface area (Å²) in [5.41, 5.74) is 0.0370. The average Bonchev–Trinajstić information content (AvgIpc) is 2.82. The van der Waals surface area contributed by atoms with Gasteiger partial charge in [0.2, 0.25) is 5.91 Å². The van der Waals surface area contributed by atoms with E-state index in [4.69, 9.17) is 9.47 Å². The molecule has 2 aliphatic rings.